The smallest absolute Gasteiger partial charge is 0.352 e. The van der Waals surface area contributed by atoms with Crippen molar-refractivity contribution in [3.8, 4) is 11.4 Å². The molecule has 5 nitrogen and oxygen atoms in total. The number of rotatable bonds is 4. The van der Waals surface area contributed by atoms with E-state index in [0.717, 1.165) is 25.0 Å². The van der Waals surface area contributed by atoms with E-state index in [9.17, 15) is 26.7 Å². The van der Waals surface area contributed by atoms with E-state index < -0.39 is 35.1 Å². The number of hydrogen-bond acceptors (Lipinski definition) is 4. The highest BCUT2D eigenvalue weighted by atomic mass is 19.4. The molecular weight excluding hydrogens is 337 g/mol. The van der Waals surface area contributed by atoms with Gasteiger partial charge in [-0.3, -0.25) is 4.79 Å². The maximum absolute atomic E-state index is 14.1. The molecule has 1 aromatic heterocycles. The number of nitrogens with one attached hydrogen (secondary N) is 1. The van der Waals surface area contributed by atoms with Gasteiger partial charge in [0, 0.05) is 18.0 Å². The van der Waals surface area contributed by atoms with E-state index in [1.807, 2.05) is 0 Å². The largest absolute Gasteiger partial charge is 0.471 e. The van der Waals surface area contributed by atoms with Crippen molar-refractivity contribution in [2.75, 3.05) is 0 Å². The summed E-state index contributed by atoms with van der Waals surface area (Å²) < 4.78 is 69.3. The van der Waals surface area contributed by atoms with Crippen molar-refractivity contribution < 1.29 is 31.3 Å². The van der Waals surface area contributed by atoms with Gasteiger partial charge in [-0.25, -0.2) is 8.78 Å². The van der Waals surface area contributed by atoms with Crippen molar-refractivity contribution in [1.82, 2.24) is 15.5 Å². The van der Waals surface area contributed by atoms with Gasteiger partial charge < -0.3 is 9.84 Å². The fraction of sp³-hybridized carbons (Fsp3) is 0.357. The Bertz CT molecular complexity index is 783. The SMILES string of the molecule is O=C(NCc1ccc(-c2noc(C(F)(F)F)n2)c(F)c1F)C1CC1. The Morgan fingerprint density at radius 2 is 1.96 bits per heavy atom. The summed E-state index contributed by atoms with van der Waals surface area (Å²) in [6.07, 6.45) is -3.35. The van der Waals surface area contributed by atoms with Crippen molar-refractivity contribution in [1.29, 1.82) is 0 Å². The van der Waals surface area contributed by atoms with Gasteiger partial charge in [0.1, 0.15) is 0 Å². The summed E-state index contributed by atoms with van der Waals surface area (Å²) in [5, 5.41) is 5.48. The van der Waals surface area contributed by atoms with Crippen LogP contribution in [-0.4, -0.2) is 16.0 Å². The molecule has 1 aliphatic rings. The summed E-state index contributed by atoms with van der Waals surface area (Å²) in [5.74, 6) is -5.40. The molecule has 0 aliphatic heterocycles. The van der Waals surface area contributed by atoms with Gasteiger partial charge in [-0.15, -0.1) is 0 Å². The van der Waals surface area contributed by atoms with Gasteiger partial charge in [0.15, 0.2) is 11.6 Å². The van der Waals surface area contributed by atoms with E-state index in [-0.39, 0.29) is 23.9 Å². The maximum Gasteiger partial charge on any atom is 0.471 e. The number of amides is 1. The Morgan fingerprint density at radius 1 is 1.25 bits per heavy atom. The highest BCUT2D eigenvalue weighted by molar-refractivity contribution is 5.80. The van der Waals surface area contributed by atoms with Gasteiger partial charge in [-0.05, 0) is 18.9 Å². The fourth-order valence-electron chi connectivity index (χ4n) is 2.02. The summed E-state index contributed by atoms with van der Waals surface area (Å²) in [6.45, 7) is -0.224. The van der Waals surface area contributed by atoms with Crippen LogP contribution in [-0.2, 0) is 17.5 Å². The average Bonchev–Trinajstić information content (AvgIpc) is 3.24. The van der Waals surface area contributed by atoms with Crippen LogP contribution in [0, 0.1) is 17.6 Å². The third-order valence-corrected chi connectivity index (χ3v) is 3.47. The van der Waals surface area contributed by atoms with Crippen LogP contribution in [0.1, 0.15) is 24.3 Å². The number of carbonyl (C=O) groups excluding carboxylic acids is 1. The van der Waals surface area contributed by atoms with Crippen LogP contribution < -0.4 is 5.32 Å². The molecule has 0 spiro atoms. The number of benzene rings is 1. The van der Waals surface area contributed by atoms with Crippen molar-refractivity contribution in [2.45, 2.75) is 25.6 Å². The lowest BCUT2D eigenvalue weighted by molar-refractivity contribution is -0.159. The molecule has 0 unspecified atom stereocenters. The van der Waals surface area contributed by atoms with Gasteiger partial charge in [-0.2, -0.15) is 18.2 Å². The van der Waals surface area contributed by atoms with Crippen molar-refractivity contribution in [3.63, 3.8) is 0 Å². The minimum Gasteiger partial charge on any atom is -0.352 e. The molecule has 0 bridgehead atoms. The normalized spacial score (nSPS) is 14.7. The number of alkyl halides is 3. The first-order valence-electron chi connectivity index (χ1n) is 6.93. The zero-order chi connectivity index (χ0) is 17.5. The number of aromatic nitrogens is 2. The molecule has 1 saturated carbocycles. The second-order valence-corrected chi connectivity index (χ2v) is 5.31. The Hall–Kier alpha value is -2.52. The fourth-order valence-corrected chi connectivity index (χ4v) is 2.02. The van der Waals surface area contributed by atoms with Crippen LogP contribution in [0.5, 0.6) is 0 Å². The maximum atomic E-state index is 14.1. The highest BCUT2D eigenvalue weighted by Gasteiger charge is 2.39. The Kier molecular flexibility index (Phi) is 3.98. The molecule has 1 fully saturated rings. The molecule has 10 heteroatoms. The number of carbonyl (C=O) groups is 1. The predicted octanol–water partition coefficient (Wildman–Crippen LogP) is 3.06. The third-order valence-electron chi connectivity index (χ3n) is 3.47. The number of hydrogen-bond donors (Lipinski definition) is 1. The molecule has 0 radical (unpaired) electrons. The van der Waals surface area contributed by atoms with Gasteiger partial charge in [0.2, 0.25) is 11.7 Å². The highest BCUT2D eigenvalue weighted by Crippen LogP contribution is 2.31. The number of nitrogens with zero attached hydrogens (tertiary/aromatic N) is 2. The summed E-state index contributed by atoms with van der Waals surface area (Å²) in [4.78, 5) is 14.5. The molecule has 24 heavy (non-hydrogen) atoms. The Labute approximate surface area is 131 Å². The van der Waals surface area contributed by atoms with Crippen LogP contribution >= 0.6 is 0 Å². The van der Waals surface area contributed by atoms with Crippen LogP contribution in [0.25, 0.3) is 11.4 Å². The molecule has 1 N–H and O–H groups in total. The molecule has 0 saturated heterocycles. The lowest BCUT2D eigenvalue weighted by atomic mass is 10.1. The Balaban J connectivity index is 1.81. The second kappa shape index (κ2) is 5.84. The molecule has 3 rings (SSSR count). The van der Waals surface area contributed by atoms with E-state index >= 15 is 0 Å². The van der Waals surface area contributed by atoms with E-state index in [0.29, 0.717) is 0 Å². The minimum absolute atomic E-state index is 0.0858. The summed E-state index contributed by atoms with van der Waals surface area (Å²) >= 11 is 0. The summed E-state index contributed by atoms with van der Waals surface area (Å²) in [6, 6.07) is 2.17. The zero-order valence-electron chi connectivity index (χ0n) is 12.0. The molecule has 128 valence electrons. The third kappa shape index (κ3) is 3.22. The number of halogens is 5. The topological polar surface area (TPSA) is 68.0 Å². The second-order valence-electron chi connectivity index (χ2n) is 5.31. The van der Waals surface area contributed by atoms with Gasteiger partial charge in [0.25, 0.3) is 0 Å². The molecular formula is C14H10F5N3O2. The van der Waals surface area contributed by atoms with Gasteiger partial charge >= 0.3 is 12.1 Å². The molecule has 1 amide bonds. The van der Waals surface area contributed by atoms with Crippen LogP contribution in [0.4, 0.5) is 22.0 Å². The molecule has 1 aromatic carbocycles. The van der Waals surface area contributed by atoms with E-state index in [1.165, 1.54) is 0 Å². The van der Waals surface area contributed by atoms with Crippen molar-refractivity contribution >= 4 is 5.91 Å². The van der Waals surface area contributed by atoms with E-state index in [1.54, 1.807) is 0 Å². The molecule has 1 aliphatic carbocycles. The van der Waals surface area contributed by atoms with Gasteiger partial charge in [-0.1, -0.05) is 11.2 Å². The van der Waals surface area contributed by atoms with Crippen LogP contribution in [0.2, 0.25) is 0 Å². The standard InChI is InChI=1S/C14H10F5N3O2/c15-9-7(5-20-12(23)6-1-2-6)3-4-8(10(9)16)11-21-13(24-22-11)14(17,18)19/h3-4,6H,1-2,5H2,(H,20,23). The van der Waals surface area contributed by atoms with Crippen LogP contribution in [0.15, 0.2) is 16.7 Å². The first-order chi connectivity index (χ1) is 11.3. The molecule has 0 atom stereocenters. The monoisotopic (exact) mass is 347 g/mol. The first kappa shape index (κ1) is 16.3. The first-order valence-corrected chi connectivity index (χ1v) is 6.93. The minimum atomic E-state index is -4.88. The van der Waals surface area contributed by atoms with E-state index in [2.05, 4.69) is 20.0 Å². The lowest BCUT2D eigenvalue weighted by Crippen LogP contribution is -2.24. The molecule has 1 heterocycles. The van der Waals surface area contributed by atoms with E-state index in [4.69, 9.17) is 0 Å². The predicted molar refractivity (Wildman–Crippen MR) is 69.2 cm³/mol. The summed E-state index contributed by atoms with van der Waals surface area (Å²) in [7, 11) is 0. The summed E-state index contributed by atoms with van der Waals surface area (Å²) in [5.41, 5.74) is -0.700. The quantitative estimate of drug-likeness (QED) is 0.863. The molecule has 2 aromatic rings. The van der Waals surface area contributed by atoms with Crippen LogP contribution in [0.3, 0.4) is 0 Å². The van der Waals surface area contributed by atoms with Gasteiger partial charge in [0.05, 0.1) is 5.56 Å². The van der Waals surface area contributed by atoms with Crippen molar-refractivity contribution in [2.24, 2.45) is 5.92 Å². The lowest BCUT2D eigenvalue weighted by Gasteiger charge is -2.08. The average molecular weight is 347 g/mol. The zero-order valence-corrected chi connectivity index (χ0v) is 12.0. The Morgan fingerprint density at radius 3 is 2.54 bits per heavy atom. The van der Waals surface area contributed by atoms with Crippen molar-refractivity contribution in [3.05, 3.63) is 35.2 Å².